The zero-order valence-electron chi connectivity index (χ0n) is 13.6. The molecule has 0 saturated carbocycles. The summed E-state index contributed by atoms with van der Waals surface area (Å²) in [5.74, 6) is -1.14. The van der Waals surface area contributed by atoms with Crippen LogP contribution in [-0.4, -0.2) is 30.0 Å². The van der Waals surface area contributed by atoms with Crippen LogP contribution in [0.15, 0.2) is 41.0 Å². The molecule has 1 aromatic heterocycles. The molecule has 8 heteroatoms. The molecule has 1 aromatic carbocycles. The van der Waals surface area contributed by atoms with Crippen LogP contribution in [0.5, 0.6) is 5.75 Å². The van der Waals surface area contributed by atoms with Crippen molar-refractivity contribution in [1.29, 1.82) is 0 Å². The van der Waals surface area contributed by atoms with Crippen LogP contribution >= 0.6 is 0 Å². The smallest absolute Gasteiger partial charge is 0.303 e. The average molecular weight is 346 g/mol. The molecular weight excluding hydrogens is 328 g/mol. The third kappa shape index (κ3) is 5.38. The summed E-state index contributed by atoms with van der Waals surface area (Å²) in [5.41, 5.74) is 0.822. The summed E-state index contributed by atoms with van der Waals surface area (Å²) in [6.07, 6.45) is 1.66. The number of aliphatic carboxylic acids is 1. The van der Waals surface area contributed by atoms with E-state index in [0.717, 1.165) is 0 Å². The quantitative estimate of drug-likeness (QED) is 0.676. The summed E-state index contributed by atoms with van der Waals surface area (Å²) in [6.45, 7) is 0. The summed E-state index contributed by atoms with van der Waals surface area (Å²) < 4.78 is 10.2. The second-order valence-electron chi connectivity index (χ2n) is 5.14. The van der Waals surface area contributed by atoms with Gasteiger partial charge in [0.15, 0.2) is 5.76 Å². The number of furan rings is 1. The Morgan fingerprint density at radius 3 is 2.60 bits per heavy atom. The standard InChI is InChI=1S/C17H18N2O6/c1-24-13-8-7-11(18-15(20)5-2-6-16(21)22)10-12(13)19-17(23)14-4-3-9-25-14/h3-4,7-10H,2,5-6H2,1H3,(H,18,20)(H,19,23)(H,21,22). The number of amides is 2. The van der Waals surface area contributed by atoms with Crippen molar-refractivity contribution in [3.63, 3.8) is 0 Å². The lowest BCUT2D eigenvalue weighted by Gasteiger charge is -2.12. The summed E-state index contributed by atoms with van der Waals surface area (Å²) in [5, 5.41) is 13.9. The first-order valence-corrected chi connectivity index (χ1v) is 7.54. The Bertz CT molecular complexity index is 755. The van der Waals surface area contributed by atoms with Gasteiger partial charge in [0.25, 0.3) is 5.91 Å². The molecule has 0 spiro atoms. The van der Waals surface area contributed by atoms with Crippen molar-refractivity contribution < 1.29 is 28.6 Å². The van der Waals surface area contributed by atoms with Crippen LogP contribution in [0, 0.1) is 0 Å². The summed E-state index contributed by atoms with van der Waals surface area (Å²) >= 11 is 0. The molecule has 8 nitrogen and oxygen atoms in total. The van der Waals surface area contributed by atoms with Crippen LogP contribution in [0.1, 0.15) is 29.8 Å². The van der Waals surface area contributed by atoms with Crippen molar-refractivity contribution in [1.82, 2.24) is 0 Å². The molecular formula is C17H18N2O6. The van der Waals surface area contributed by atoms with Gasteiger partial charge in [-0.25, -0.2) is 0 Å². The van der Waals surface area contributed by atoms with Gasteiger partial charge in [-0.15, -0.1) is 0 Å². The van der Waals surface area contributed by atoms with Crippen LogP contribution in [0.2, 0.25) is 0 Å². The molecule has 0 aliphatic rings. The van der Waals surface area contributed by atoms with E-state index in [4.69, 9.17) is 14.3 Å². The Kier molecular flexibility index (Phi) is 6.16. The van der Waals surface area contributed by atoms with Crippen LogP contribution in [0.4, 0.5) is 11.4 Å². The fourth-order valence-corrected chi connectivity index (χ4v) is 2.10. The molecule has 0 aliphatic heterocycles. The average Bonchev–Trinajstić information content (AvgIpc) is 3.09. The number of hydrogen-bond donors (Lipinski definition) is 3. The summed E-state index contributed by atoms with van der Waals surface area (Å²) in [4.78, 5) is 34.4. The molecule has 0 radical (unpaired) electrons. The molecule has 1 heterocycles. The Hall–Kier alpha value is -3.29. The van der Waals surface area contributed by atoms with Crippen molar-refractivity contribution in [2.45, 2.75) is 19.3 Å². The van der Waals surface area contributed by atoms with Crippen LogP contribution in [-0.2, 0) is 9.59 Å². The van der Waals surface area contributed by atoms with Gasteiger partial charge in [0.2, 0.25) is 5.91 Å². The fraction of sp³-hybridized carbons (Fsp3) is 0.235. The number of nitrogens with one attached hydrogen (secondary N) is 2. The van der Waals surface area contributed by atoms with E-state index in [0.29, 0.717) is 17.1 Å². The zero-order chi connectivity index (χ0) is 18.2. The number of anilines is 2. The lowest BCUT2D eigenvalue weighted by Crippen LogP contribution is -2.14. The van der Waals surface area contributed by atoms with Gasteiger partial charge in [0.1, 0.15) is 5.75 Å². The zero-order valence-corrected chi connectivity index (χ0v) is 13.6. The minimum atomic E-state index is -0.944. The maximum atomic E-state index is 12.1. The summed E-state index contributed by atoms with van der Waals surface area (Å²) in [7, 11) is 1.46. The highest BCUT2D eigenvalue weighted by atomic mass is 16.5. The molecule has 132 valence electrons. The second-order valence-corrected chi connectivity index (χ2v) is 5.14. The minimum absolute atomic E-state index is 0.0690. The SMILES string of the molecule is COc1ccc(NC(=O)CCCC(=O)O)cc1NC(=O)c1ccco1. The van der Waals surface area contributed by atoms with Crippen LogP contribution in [0.25, 0.3) is 0 Å². The highest BCUT2D eigenvalue weighted by Crippen LogP contribution is 2.28. The number of methoxy groups -OCH3 is 1. The van der Waals surface area contributed by atoms with Crippen molar-refractivity contribution in [3.05, 3.63) is 42.4 Å². The number of hydrogen-bond acceptors (Lipinski definition) is 5. The second kappa shape index (κ2) is 8.53. The molecule has 0 aliphatic carbocycles. The Labute approximate surface area is 143 Å². The van der Waals surface area contributed by atoms with E-state index in [-0.39, 0.29) is 30.9 Å². The van der Waals surface area contributed by atoms with Crippen LogP contribution < -0.4 is 15.4 Å². The van der Waals surface area contributed by atoms with E-state index in [1.165, 1.54) is 19.4 Å². The molecule has 0 saturated heterocycles. The molecule has 2 aromatic rings. The lowest BCUT2D eigenvalue weighted by atomic mass is 10.2. The molecule has 3 N–H and O–H groups in total. The van der Waals surface area contributed by atoms with Gasteiger partial charge in [-0.3, -0.25) is 14.4 Å². The predicted octanol–water partition coefficient (Wildman–Crippen LogP) is 2.73. The third-order valence-electron chi connectivity index (χ3n) is 3.27. The number of benzene rings is 1. The van der Waals surface area contributed by atoms with Gasteiger partial charge in [0.05, 0.1) is 19.1 Å². The Morgan fingerprint density at radius 1 is 1.16 bits per heavy atom. The number of rotatable bonds is 8. The molecule has 2 rings (SSSR count). The van der Waals surface area contributed by atoms with Gasteiger partial charge in [-0.2, -0.15) is 0 Å². The first-order chi connectivity index (χ1) is 12.0. The van der Waals surface area contributed by atoms with Crippen LogP contribution in [0.3, 0.4) is 0 Å². The Morgan fingerprint density at radius 2 is 1.96 bits per heavy atom. The maximum Gasteiger partial charge on any atom is 0.303 e. The highest BCUT2D eigenvalue weighted by molar-refractivity contribution is 6.03. The number of carboxylic acids is 1. The first-order valence-electron chi connectivity index (χ1n) is 7.54. The normalized spacial score (nSPS) is 10.1. The van der Waals surface area contributed by atoms with E-state index in [9.17, 15) is 14.4 Å². The number of carbonyl (C=O) groups excluding carboxylic acids is 2. The molecule has 0 bridgehead atoms. The van der Waals surface area contributed by atoms with E-state index >= 15 is 0 Å². The van der Waals surface area contributed by atoms with Gasteiger partial charge < -0.3 is 24.9 Å². The van der Waals surface area contributed by atoms with Crippen molar-refractivity contribution in [2.75, 3.05) is 17.7 Å². The number of carbonyl (C=O) groups is 3. The van der Waals surface area contributed by atoms with Gasteiger partial charge in [-0.05, 0) is 36.8 Å². The van der Waals surface area contributed by atoms with E-state index in [2.05, 4.69) is 10.6 Å². The molecule has 25 heavy (non-hydrogen) atoms. The third-order valence-corrected chi connectivity index (χ3v) is 3.27. The molecule has 2 amide bonds. The monoisotopic (exact) mass is 346 g/mol. The fourth-order valence-electron chi connectivity index (χ4n) is 2.10. The van der Waals surface area contributed by atoms with Crippen molar-refractivity contribution in [2.24, 2.45) is 0 Å². The molecule has 0 unspecified atom stereocenters. The van der Waals surface area contributed by atoms with Gasteiger partial charge in [-0.1, -0.05) is 0 Å². The van der Waals surface area contributed by atoms with E-state index in [1.54, 1.807) is 24.3 Å². The topological polar surface area (TPSA) is 118 Å². The molecule has 0 atom stereocenters. The highest BCUT2D eigenvalue weighted by Gasteiger charge is 2.13. The summed E-state index contributed by atoms with van der Waals surface area (Å²) in [6, 6.07) is 7.89. The minimum Gasteiger partial charge on any atom is -0.495 e. The Balaban J connectivity index is 2.04. The van der Waals surface area contributed by atoms with Gasteiger partial charge in [0, 0.05) is 18.5 Å². The maximum absolute atomic E-state index is 12.1. The first kappa shape index (κ1) is 18.1. The predicted molar refractivity (Wildman–Crippen MR) is 89.8 cm³/mol. The van der Waals surface area contributed by atoms with Crippen molar-refractivity contribution in [3.8, 4) is 5.75 Å². The van der Waals surface area contributed by atoms with E-state index < -0.39 is 11.9 Å². The van der Waals surface area contributed by atoms with E-state index in [1.807, 2.05) is 0 Å². The van der Waals surface area contributed by atoms with Gasteiger partial charge >= 0.3 is 5.97 Å². The largest absolute Gasteiger partial charge is 0.495 e. The number of ether oxygens (including phenoxy) is 1. The number of carboxylic acid groups (broad SMARTS) is 1. The lowest BCUT2D eigenvalue weighted by molar-refractivity contribution is -0.137. The van der Waals surface area contributed by atoms with Crippen molar-refractivity contribution >= 4 is 29.2 Å². The molecule has 0 fully saturated rings.